The highest BCUT2D eigenvalue weighted by Crippen LogP contribution is 2.28. The summed E-state index contributed by atoms with van der Waals surface area (Å²) in [6.07, 6.45) is -5.75. The zero-order valence-corrected chi connectivity index (χ0v) is 12.5. The summed E-state index contributed by atoms with van der Waals surface area (Å²) < 4.78 is 79.9. The van der Waals surface area contributed by atoms with Gasteiger partial charge in [-0.2, -0.15) is 13.2 Å². The summed E-state index contributed by atoms with van der Waals surface area (Å²) in [5.41, 5.74) is -0.201. The molecule has 0 fully saturated rings. The van der Waals surface area contributed by atoms with Crippen molar-refractivity contribution < 1.29 is 30.7 Å². The van der Waals surface area contributed by atoms with E-state index in [-0.39, 0.29) is 16.2 Å². The van der Waals surface area contributed by atoms with Crippen LogP contribution in [0.4, 0.5) is 17.6 Å². The summed E-state index contributed by atoms with van der Waals surface area (Å²) in [7, 11) is -1.96. The molecule has 120 valence electrons. The fourth-order valence-corrected chi connectivity index (χ4v) is 3.04. The second-order valence-corrected chi connectivity index (χ2v) is 6.41. The lowest BCUT2D eigenvalue weighted by atomic mass is 10.2. The fraction of sp³-hybridized carbons (Fsp3) is 0.500. The van der Waals surface area contributed by atoms with Gasteiger partial charge >= 0.3 is 6.18 Å². The van der Waals surface area contributed by atoms with Gasteiger partial charge in [0.1, 0.15) is 0 Å². The SMILES string of the molecule is COc1ccc(S(=O)(=O)N(C)CCC(F)(F)F)c(C)c1F. The van der Waals surface area contributed by atoms with Crippen molar-refractivity contribution in [2.24, 2.45) is 0 Å². The first-order chi connectivity index (χ1) is 9.50. The van der Waals surface area contributed by atoms with Crippen molar-refractivity contribution in [2.75, 3.05) is 20.7 Å². The van der Waals surface area contributed by atoms with Crippen molar-refractivity contribution in [2.45, 2.75) is 24.4 Å². The van der Waals surface area contributed by atoms with E-state index < -0.39 is 35.0 Å². The van der Waals surface area contributed by atoms with Crippen LogP contribution in [0.15, 0.2) is 17.0 Å². The number of methoxy groups -OCH3 is 1. The Morgan fingerprint density at radius 2 is 1.86 bits per heavy atom. The van der Waals surface area contributed by atoms with Crippen LogP contribution in [0.25, 0.3) is 0 Å². The molecule has 0 heterocycles. The summed E-state index contributed by atoms with van der Waals surface area (Å²) in [6, 6.07) is 2.23. The average molecular weight is 329 g/mol. The van der Waals surface area contributed by atoms with E-state index in [1.165, 1.54) is 14.0 Å². The Hall–Kier alpha value is -1.35. The van der Waals surface area contributed by atoms with Gasteiger partial charge in [-0.05, 0) is 19.1 Å². The van der Waals surface area contributed by atoms with Crippen LogP contribution in [0.3, 0.4) is 0 Å². The summed E-state index contributed by atoms with van der Waals surface area (Å²) in [4.78, 5) is -0.384. The maximum atomic E-state index is 13.8. The Kier molecular flexibility index (Phi) is 5.21. The first kappa shape index (κ1) is 17.7. The molecule has 0 bridgehead atoms. The monoisotopic (exact) mass is 329 g/mol. The third kappa shape index (κ3) is 4.07. The highest BCUT2D eigenvalue weighted by atomic mass is 32.2. The molecule has 1 rings (SSSR count). The van der Waals surface area contributed by atoms with Gasteiger partial charge in [-0.25, -0.2) is 17.1 Å². The molecule has 0 aliphatic carbocycles. The minimum absolute atomic E-state index is 0.135. The number of ether oxygens (including phenoxy) is 1. The predicted octanol–water partition coefficient (Wildman–Crippen LogP) is 2.72. The Balaban J connectivity index is 3.11. The lowest BCUT2D eigenvalue weighted by Crippen LogP contribution is -2.31. The number of hydrogen-bond donors (Lipinski definition) is 0. The Labute approximate surface area is 120 Å². The molecule has 9 heteroatoms. The number of hydrogen-bond acceptors (Lipinski definition) is 3. The fourth-order valence-electron chi connectivity index (χ4n) is 1.65. The van der Waals surface area contributed by atoms with E-state index in [0.29, 0.717) is 4.31 Å². The summed E-state index contributed by atoms with van der Waals surface area (Å²) in [5.74, 6) is -0.993. The number of rotatable bonds is 5. The molecule has 0 saturated carbocycles. The van der Waals surface area contributed by atoms with E-state index in [1.807, 2.05) is 0 Å². The van der Waals surface area contributed by atoms with E-state index in [0.717, 1.165) is 19.2 Å². The number of benzene rings is 1. The van der Waals surface area contributed by atoms with E-state index in [4.69, 9.17) is 4.74 Å². The van der Waals surface area contributed by atoms with E-state index in [9.17, 15) is 26.0 Å². The standard InChI is InChI=1S/C12H15F4NO3S/c1-8-10(5-4-9(20-3)11(8)13)21(18,19)17(2)7-6-12(14,15)16/h4-5H,6-7H2,1-3H3. The zero-order chi connectivity index (χ0) is 16.4. The molecule has 0 aliphatic rings. The topological polar surface area (TPSA) is 46.6 Å². The van der Waals surface area contributed by atoms with Crippen molar-refractivity contribution in [1.29, 1.82) is 0 Å². The summed E-state index contributed by atoms with van der Waals surface area (Å²) >= 11 is 0. The molecule has 0 unspecified atom stereocenters. The van der Waals surface area contributed by atoms with Crippen LogP contribution >= 0.6 is 0 Å². The van der Waals surface area contributed by atoms with Gasteiger partial charge < -0.3 is 4.74 Å². The van der Waals surface area contributed by atoms with E-state index in [2.05, 4.69) is 0 Å². The van der Waals surface area contributed by atoms with Gasteiger partial charge in [0.05, 0.1) is 18.4 Å². The van der Waals surface area contributed by atoms with Crippen molar-refractivity contribution in [1.82, 2.24) is 4.31 Å². The number of halogens is 4. The first-order valence-corrected chi connectivity index (χ1v) is 7.31. The quantitative estimate of drug-likeness (QED) is 0.781. The predicted molar refractivity (Wildman–Crippen MR) is 68.2 cm³/mol. The Morgan fingerprint density at radius 1 is 1.29 bits per heavy atom. The summed E-state index contributed by atoms with van der Waals surface area (Å²) in [5, 5.41) is 0. The van der Waals surface area contributed by atoms with Gasteiger partial charge in [-0.15, -0.1) is 0 Å². The molecule has 0 radical (unpaired) electrons. The second-order valence-electron chi connectivity index (χ2n) is 4.40. The van der Waals surface area contributed by atoms with Gasteiger partial charge in [-0.1, -0.05) is 0 Å². The van der Waals surface area contributed by atoms with Crippen LogP contribution in [-0.2, 0) is 10.0 Å². The molecule has 21 heavy (non-hydrogen) atoms. The van der Waals surface area contributed by atoms with Gasteiger partial charge in [0, 0.05) is 19.2 Å². The highest BCUT2D eigenvalue weighted by molar-refractivity contribution is 7.89. The van der Waals surface area contributed by atoms with Crippen molar-refractivity contribution in [3.63, 3.8) is 0 Å². The van der Waals surface area contributed by atoms with Gasteiger partial charge in [0.25, 0.3) is 0 Å². The largest absolute Gasteiger partial charge is 0.494 e. The molecule has 1 aromatic carbocycles. The number of nitrogens with zero attached hydrogens (tertiary/aromatic N) is 1. The molecule has 0 amide bonds. The maximum Gasteiger partial charge on any atom is 0.390 e. The zero-order valence-electron chi connectivity index (χ0n) is 11.7. The highest BCUT2D eigenvalue weighted by Gasteiger charge is 2.31. The lowest BCUT2D eigenvalue weighted by Gasteiger charge is -2.19. The van der Waals surface area contributed by atoms with Gasteiger partial charge in [0.2, 0.25) is 10.0 Å². The Bertz CT molecular complexity index is 614. The Morgan fingerprint density at radius 3 is 2.33 bits per heavy atom. The van der Waals surface area contributed by atoms with Crippen LogP contribution in [0, 0.1) is 12.7 Å². The number of alkyl halides is 3. The molecule has 0 N–H and O–H groups in total. The molecule has 0 atom stereocenters. The first-order valence-electron chi connectivity index (χ1n) is 5.87. The van der Waals surface area contributed by atoms with Crippen molar-refractivity contribution >= 4 is 10.0 Å². The van der Waals surface area contributed by atoms with Gasteiger partial charge in [-0.3, -0.25) is 0 Å². The van der Waals surface area contributed by atoms with Crippen LogP contribution in [-0.4, -0.2) is 39.6 Å². The van der Waals surface area contributed by atoms with Gasteiger partial charge in [0.15, 0.2) is 11.6 Å². The second kappa shape index (κ2) is 6.18. The average Bonchev–Trinajstić information content (AvgIpc) is 2.37. The third-order valence-electron chi connectivity index (χ3n) is 2.92. The molecule has 0 aliphatic heterocycles. The van der Waals surface area contributed by atoms with Crippen LogP contribution in [0.1, 0.15) is 12.0 Å². The number of sulfonamides is 1. The van der Waals surface area contributed by atoms with E-state index >= 15 is 0 Å². The van der Waals surface area contributed by atoms with Crippen molar-refractivity contribution in [3.05, 3.63) is 23.5 Å². The minimum Gasteiger partial charge on any atom is -0.494 e. The molecule has 4 nitrogen and oxygen atoms in total. The van der Waals surface area contributed by atoms with Crippen LogP contribution in [0.2, 0.25) is 0 Å². The van der Waals surface area contributed by atoms with Crippen LogP contribution < -0.4 is 4.74 Å². The van der Waals surface area contributed by atoms with E-state index in [1.54, 1.807) is 0 Å². The third-order valence-corrected chi connectivity index (χ3v) is 4.92. The summed E-state index contributed by atoms with van der Waals surface area (Å²) in [6.45, 7) is 0.487. The van der Waals surface area contributed by atoms with Crippen LogP contribution in [0.5, 0.6) is 5.75 Å². The normalized spacial score (nSPS) is 12.8. The molecule has 1 aromatic rings. The smallest absolute Gasteiger partial charge is 0.390 e. The molecular formula is C12H15F4NO3S. The minimum atomic E-state index is -4.47. The van der Waals surface area contributed by atoms with Crippen molar-refractivity contribution in [3.8, 4) is 5.75 Å². The molecular weight excluding hydrogens is 314 g/mol. The molecule has 0 saturated heterocycles. The lowest BCUT2D eigenvalue weighted by molar-refractivity contribution is -0.135. The maximum absolute atomic E-state index is 13.8. The molecule has 0 spiro atoms. The molecule has 0 aromatic heterocycles.